The topological polar surface area (TPSA) is 33.6 Å². The lowest BCUT2D eigenvalue weighted by Gasteiger charge is -2.22. The molecule has 16 heavy (non-hydrogen) atoms. The number of hydrogen-bond acceptors (Lipinski definition) is 3. The van der Waals surface area contributed by atoms with E-state index < -0.39 is 0 Å². The summed E-state index contributed by atoms with van der Waals surface area (Å²) in [4.78, 5) is 4.79. The third-order valence-electron chi connectivity index (χ3n) is 4.30. The Bertz CT molecular complexity index is 318. The van der Waals surface area contributed by atoms with Gasteiger partial charge in [-0.3, -0.25) is 0 Å². The van der Waals surface area contributed by atoms with Gasteiger partial charge in [-0.1, -0.05) is 20.8 Å². The van der Waals surface area contributed by atoms with Gasteiger partial charge in [-0.25, -0.2) is 4.99 Å². The van der Waals surface area contributed by atoms with Crippen LogP contribution in [-0.2, 0) is 4.74 Å². The molecular formula is C13H22N2O. The molecule has 1 aliphatic carbocycles. The minimum absolute atomic E-state index is 0.222. The number of piperidine rings is 1. The monoisotopic (exact) mass is 222 g/mol. The average molecular weight is 222 g/mol. The van der Waals surface area contributed by atoms with E-state index in [4.69, 9.17) is 9.73 Å². The number of ether oxygens (including phenoxy) is 1. The normalized spacial score (nSPS) is 42.3. The highest BCUT2D eigenvalue weighted by Gasteiger charge is 2.44. The van der Waals surface area contributed by atoms with Crippen LogP contribution in [0.2, 0.25) is 0 Å². The van der Waals surface area contributed by atoms with Crippen molar-refractivity contribution < 1.29 is 4.74 Å². The van der Waals surface area contributed by atoms with Crippen molar-refractivity contribution in [3.05, 3.63) is 0 Å². The summed E-state index contributed by atoms with van der Waals surface area (Å²) in [5.41, 5.74) is 0.222. The van der Waals surface area contributed by atoms with E-state index in [0.717, 1.165) is 24.5 Å². The van der Waals surface area contributed by atoms with E-state index in [-0.39, 0.29) is 5.41 Å². The van der Waals surface area contributed by atoms with E-state index >= 15 is 0 Å². The van der Waals surface area contributed by atoms with Gasteiger partial charge in [0.05, 0.1) is 12.1 Å². The quantitative estimate of drug-likeness (QED) is 0.736. The zero-order valence-corrected chi connectivity index (χ0v) is 10.5. The number of rotatable bonds is 1. The predicted molar refractivity (Wildman–Crippen MR) is 64.7 cm³/mol. The van der Waals surface area contributed by atoms with Crippen LogP contribution in [0.5, 0.6) is 0 Å². The molecule has 3 nitrogen and oxygen atoms in total. The molecule has 90 valence electrons. The molecule has 2 heterocycles. The van der Waals surface area contributed by atoms with E-state index in [2.05, 4.69) is 26.1 Å². The van der Waals surface area contributed by atoms with Gasteiger partial charge in [-0.2, -0.15) is 0 Å². The minimum atomic E-state index is 0.222. The molecule has 0 aromatic rings. The number of nitrogens with zero attached hydrogens (tertiary/aromatic N) is 1. The lowest BCUT2D eigenvalue weighted by atomic mass is 9.88. The van der Waals surface area contributed by atoms with Crippen molar-refractivity contribution in [2.45, 2.75) is 58.2 Å². The molecule has 2 bridgehead atoms. The Morgan fingerprint density at radius 1 is 1.31 bits per heavy atom. The summed E-state index contributed by atoms with van der Waals surface area (Å²) in [6.45, 7) is 7.49. The second-order valence-electron chi connectivity index (χ2n) is 6.57. The number of hydrogen-bond donors (Lipinski definition) is 1. The summed E-state index contributed by atoms with van der Waals surface area (Å²) in [5, 5.41) is 3.65. The predicted octanol–water partition coefficient (Wildman–Crippen LogP) is 1.97. The van der Waals surface area contributed by atoms with Crippen molar-refractivity contribution in [3.8, 4) is 0 Å². The highest BCUT2D eigenvalue weighted by atomic mass is 16.5. The fraction of sp³-hybridized carbons (Fsp3) is 0.923. The van der Waals surface area contributed by atoms with Crippen LogP contribution >= 0.6 is 0 Å². The van der Waals surface area contributed by atoms with Crippen LogP contribution in [0.4, 0.5) is 0 Å². The fourth-order valence-electron chi connectivity index (χ4n) is 3.14. The van der Waals surface area contributed by atoms with Crippen molar-refractivity contribution in [1.82, 2.24) is 5.32 Å². The molecule has 3 aliphatic rings. The van der Waals surface area contributed by atoms with E-state index in [1.54, 1.807) is 0 Å². The van der Waals surface area contributed by atoms with Crippen molar-refractivity contribution in [2.24, 2.45) is 16.3 Å². The maximum Gasteiger partial charge on any atom is 0.201 e. The highest BCUT2D eigenvalue weighted by Crippen LogP contribution is 2.37. The first-order valence-corrected chi connectivity index (χ1v) is 6.50. The lowest BCUT2D eigenvalue weighted by Crippen LogP contribution is -2.41. The van der Waals surface area contributed by atoms with Crippen LogP contribution in [0.15, 0.2) is 4.99 Å². The summed E-state index contributed by atoms with van der Waals surface area (Å²) in [6.07, 6.45) is 4.02. The average Bonchev–Trinajstić information content (AvgIpc) is 2.92. The maximum absolute atomic E-state index is 5.82. The van der Waals surface area contributed by atoms with Gasteiger partial charge in [0.25, 0.3) is 0 Å². The molecule has 0 radical (unpaired) electrons. The third kappa shape index (κ3) is 1.65. The van der Waals surface area contributed by atoms with Crippen LogP contribution in [-0.4, -0.2) is 30.6 Å². The number of nitrogens with one attached hydrogen (secondary N) is 1. The summed E-state index contributed by atoms with van der Waals surface area (Å²) in [7, 11) is 0. The Labute approximate surface area is 97.7 Å². The van der Waals surface area contributed by atoms with Crippen molar-refractivity contribution in [2.75, 3.05) is 6.61 Å². The summed E-state index contributed by atoms with van der Waals surface area (Å²) in [6, 6.07) is 1.49. The van der Waals surface area contributed by atoms with Crippen LogP contribution in [0.25, 0.3) is 0 Å². The van der Waals surface area contributed by atoms with Gasteiger partial charge in [0.2, 0.25) is 5.90 Å². The van der Waals surface area contributed by atoms with Crippen LogP contribution in [0, 0.1) is 11.3 Å². The third-order valence-corrected chi connectivity index (χ3v) is 4.30. The molecule has 2 fully saturated rings. The van der Waals surface area contributed by atoms with Gasteiger partial charge in [0, 0.05) is 6.04 Å². The summed E-state index contributed by atoms with van der Waals surface area (Å²) in [5.74, 6) is 1.77. The molecule has 0 aromatic carbocycles. The molecule has 4 atom stereocenters. The molecule has 1 saturated heterocycles. The first kappa shape index (κ1) is 10.6. The summed E-state index contributed by atoms with van der Waals surface area (Å²) < 4.78 is 5.82. The molecule has 1 saturated carbocycles. The number of fused-ring (bicyclic) bond motifs is 2. The van der Waals surface area contributed by atoms with Gasteiger partial charge in [-0.05, 0) is 30.6 Å². The Morgan fingerprint density at radius 2 is 2.12 bits per heavy atom. The Morgan fingerprint density at radius 3 is 2.62 bits per heavy atom. The van der Waals surface area contributed by atoms with Crippen LogP contribution in [0.3, 0.4) is 0 Å². The Kier molecular flexibility index (Phi) is 2.29. The molecule has 3 heteroatoms. The van der Waals surface area contributed by atoms with E-state index in [1.807, 2.05) is 0 Å². The first-order valence-electron chi connectivity index (χ1n) is 6.50. The molecular weight excluding hydrogens is 200 g/mol. The van der Waals surface area contributed by atoms with Crippen LogP contribution < -0.4 is 5.32 Å². The van der Waals surface area contributed by atoms with Crippen LogP contribution in [0.1, 0.15) is 40.0 Å². The van der Waals surface area contributed by atoms with Crippen molar-refractivity contribution >= 4 is 5.90 Å². The second kappa shape index (κ2) is 3.46. The van der Waals surface area contributed by atoms with E-state index in [1.165, 1.54) is 19.3 Å². The number of aliphatic imine (C=N–C) groups is 1. The molecule has 0 spiro atoms. The highest BCUT2D eigenvalue weighted by molar-refractivity contribution is 5.84. The second-order valence-corrected chi connectivity index (χ2v) is 6.57. The molecule has 0 amide bonds. The first-order chi connectivity index (χ1) is 7.54. The molecule has 2 aliphatic heterocycles. The van der Waals surface area contributed by atoms with E-state index in [9.17, 15) is 0 Å². The largest absolute Gasteiger partial charge is 0.478 e. The lowest BCUT2D eigenvalue weighted by molar-refractivity contribution is 0.227. The fourth-order valence-corrected chi connectivity index (χ4v) is 3.14. The molecule has 1 N–H and O–H groups in total. The minimum Gasteiger partial charge on any atom is -0.478 e. The molecule has 0 unspecified atom stereocenters. The van der Waals surface area contributed by atoms with Gasteiger partial charge < -0.3 is 10.1 Å². The zero-order valence-electron chi connectivity index (χ0n) is 10.5. The Balaban J connectivity index is 1.73. The molecule has 0 aromatic heterocycles. The standard InChI is InChI=1S/C13H22N2O/c1-13(2,3)10-7-16-12(15-10)11-8-4-5-9(6-8)14-11/h8-11,14H,4-7H2,1-3H3/t8-,9+,10-,11-/m1/s1. The van der Waals surface area contributed by atoms with Crippen molar-refractivity contribution in [1.29, 1.82) is 0 Å². The van der Waals surface area contributed by atoms with Gasteiger partial charge >= 0.3 is 0 Å². The van der Waals surface area contributed by atoms with Crippen molar-refractivity contribution in [3.63, 3.8) is 0 Å². The van der Waals surface area contributed by atoms with Gasteiger partial charge in [0.1, 0.15) is 6.61 Å². The Hall–Kier alpha value is -0.570. The van der Waals surface area contributed by atoms with Gasteiger partial charge in [0.15, 0.2) is 0 Å². The SMILES string of the molecule is CC(C)(C)[C@H]1COC([C@@H]2N[C@H]3CC[C@@H]2C3)=N1. The maximum atomic E-state index is 5.82. The smallest absolute Gasteiger partial charge is 0.201 e. The van der Waals surface area contributed by atoms with E-state index in [0.29, 0.717) is 12.1 Å². The summed E-state index contributed by atoms with van der Waals surface area (Å²) >= 11 is 0. The van der Waals surface area contributed by atoms with Gasteiger partial charge in [-0.15, -0.1) is 0 Å². The zero-order chi connectivity index (χ0) is 11.3. The molecule has 3 rings (SSSR count).